The molecular formula is C20H18N4O4S. The van der Waals surface area contributed by atoms with Gasteiger partial charge in [0.05, 0.1) is 36.3 Å². The molecule has 8 nitrogen and oxygen atoms in total. The molecule has 1 unspecified atom stereocenters. The first-order valence-corrected chi connectivity index (χ1v) is 9.46. The summed E-state index contributed by atoms with van der Waals surface area (Å²) in [4.78, 5) is 12.5. The summed E-state index contributed by atoms with van der Waals surface area (Å²) in [6.07, 6.45) is 0. The molecule has 0 radical (unpaired) electrons. The lowest BCUT2D eigenvalue weighted by Crippen LogP contribution is -2.22. The van der Waals surface area contributed by atoms with E-state index in [0.717, 1.165) is 11.8 Å². The van der Waals surface area contributed by atoms with E-state index in [2.05, 4.69) is 15.5 Å². The van der Waals surface area contributed by atoms with Gasteiger partial charge in [0.1, 0.15) is 17.6 Å². The van der Waals surface area contributed by atoms with Gasteiger partial charge in [-0.1, -0.05) is 23.9 Å². The smallest absolute Gasteiger partial charge is 0.277 e. The first kappa shape index (κ1) is 20.2. The van der Waals surface area contributed by atoms with Crippen LogP contribution in [0, 0.1) is 11.3 Å². The number of carbonyl (C=O) groups is 1. The second-order valence-electron chi connectivity index (χ2n) is 5.85. The third-order valence-corrected chi connectivity index (χ3v) is 4.93. The second-order valence-corrected chi connectivity index (χ2v) is 7.14. The molecule has 3 aromatic rings. The molecule has 1 amide bonds. The van der Waals surface area contributed by atoms with E-state index in [9.17, 15) is 4.79 Å². The number of anilines is 1. The standard InChI is InChI=1S/C20H18N4O4S/c1-12(18(25)22-16-7-5-4-6-13(16)11-21)29-20-24-23-19(28-20)15-9-8-14(26-2)10-17(15)27-3/h4-10,12H,1-3H3,(H,22,25). The maximum Gasteiger partial charge on any atom is 0.277 e. The van der Waals surface area contributed by atoms with Crippen LogP contribution in [0.25, 0.3) is 11.5 Å². The van der Waals surface area contributed by atoms with Gasteiger partial charge in [-0.05, 0) is 31.2 Å². The van der Waals surface area contributed by atoms with E-state index in [0.29, 0.717) is 28.3 Å². The summed E-state index contributed by atoms with van der Waals surface area (Å²) >= 11 is 1.12. The summed E-state index contributed by atoms with van der Waals surface area (Å²) in [5.74, 6) is 1.17. The van der Waals surface area contributed by atoms with E-state index < -0.39 is 5.25 Å². The largest absolute Gasteiger partial charge is 0.497 e. The first-order chi connectivity index (χ1) is 14.0. The molecule has 3 rings (SSSR count). The van der Waals surface area contributed by atoms with Crippen LogP contribution in [-0.4, -0.2) is 35.6 Å². The Bertz CT molecular complexity index is 1060. The summed E-state index contributed by atoms with van der Waals surface area (Å²) in [7, 11) is 3.10. The van der Waals surface area contributed by atoms with E-state index in [-0.39, 0.29) is 17.0 Å². The maximum absolute atomic E-state index is 12.5. The van der Waals surface area contributed by atoms with Crippen molar-refractivity contribution in [2.75, 3.05) is 19.5 Å². The zero-order chi connectivity index (χ0) is 20.8. The van der Waals surface area contributed by atoms with Crippen molar-refractivity contribution in [2.45, 2.75) is 17.4 Å². The lowest BCUT2D eigenvalue weighted by atomic mass is 10.2. The molecule has 1 N–H and O–H groups in total. The Morgan fingerprint density at radius 1 is 1.21 bits per heavy atom. The molecule has 1 aromatic heterocycles. The number of ether oxygens (including phenoxy) is 2. The summed E-state index contributed by atoms with van der Waals surface area (Å²) in [6.45, 7) is 1.72. The van der Waals surface area contributed by atoms with Gasteiger partial charge in [0.2, 0.25) is 5.91 Å². The molecule has 9 heteroatoms. The van der Waals surface area contributed by atoms with Crippen LogP contribution in [0.1, 0.15) is 12.5 Å². The zero-order valence-corrected chi connectivity index (χ0v) is 16.8. The number of hydrogen-bond donors (Lipinski definition) is 1. The van der Waals surface area contributed by atoms with Gasteiger partial charge in [-0.3, -0.25) is 4.79 Å². The highest BCUT2D eigenvalue weighted by atomic mass is 32.2. The topological polar surface area (TPSA) is 110 Å². The van der Waals surface area contributed by atoms with Gasteiger partial charge >= 0.3 is 0 Å². The molecule has 0 fully saturated rings. The molecular weight excluding hydrogens is 392 g/mol. The number of nitrogens with one attached hydrogen (secondary N) is 1. The van der Waals surface area contributed by atoms with Crippen molar-refractivity contribution in [2.24, 2.45) is 0 Å². The van der Waals surface area contributed by atoms with Crippen molar-refractivity contribution in [3.05, 3.63) is 48.0 Å². The lowest BCUT2D eigenvalue weighted by Gasteiger charge is -2.10. The average molecular weight is 410 g/mol. The van der Waals surface area contributed by atoms with Crippen LogP contribution >= 0.6 is 11.8 Å². The Morgan fingerprint density at radius 3 is 2.72 bits per heavy atom. The first-order valence-electron chi connectivity index (χ1n) is 8.58. The van der Waals surface area contributed by atoms with Crippen LogP contribution in [0.15, 0.2) is 52.1 Å². The molecule has 1 atom stereocenters. The number of aromatic nitrogens is 2. The summed E-state index contributed by atoms with van der Waals surface area (Å²) < 4.78 is 16.2. The van der Waals surface area contributed by atoms with Gasteiger partial charge in [0.15, 0.2) is 0 Å². The molecule has 0 saturated carbocycles. The SMILES string of the molecule is COc1ccc(-c2nnc(SC(C)C(=O)Nc3ccccc3C#N)o2)c(OC)c1. The zero-order valence-electron chi connectivity index (χ0n) is 16.0. The minimum absolute atomic E-state index is 0.245. The third kappa shape index (κ3) is 4.67. The molecule has 0 aliphatic carbocycles. The van der Waals surface area contributed by atoms with Crippen molar-refractivity contribution < 1.29 is 18.7 Å². The fourth-order valence-corrected chi connectivity index (χ4v) is 3.15. The van der Waals surface area contributed by atoms with Crippen LogP contribution in [-0.2, 0) is 4.79 Å². The van der Waals surface area contributed by atoms with Crippen LogP contribution in [0.2, 0.25) is 0 Å². The Balaban J connectivity index is 1.71. The number of rotatable bonds is 7. The van der Waals surface area contributed by atoms with Crippen molar-refractivity contribution >= 4 is 23.4 Å². The van der Waals surface area contributed by atoms with E-state index in [4.69, 9.17) is 19.2 Å². The van der Waals surface area contributed by atoms with Crippen molar-refractivity contribution in [3.63, 3.8) is 0 Å². The number of nitriles is 1. The second kappa shape index (κ2) is 9.12. The normalized spacial score (nSPS) is 11.4. The number of benzene rings is 2. The number of amides is 1. The number of para-hydroxylation sites is 1. The van der Waals surface area contributed by atoms with Gasteiger partial charge in [-0.25, -0.2) is 0 Å². The number of methoxy groups -OCH3 is 2. The number of nitrogens with zero attached hydrogens (tertiary/aromatic N) is 3. The van der Waals surface area contributed by atoms with Crippen LogP contribution < -0.4 is 14.8 Å². The van der Waals surface area contributed by atoms with E-state index >= 15 is 0 Å². The van der Waals surface area contributed by atoms with Crippen molar-refractivity contribution in [3.8, 4) is 29.0 Å². The molecule has 0 aliphatic heterocycles. The molecule has 29 heavy (non-hydrogen) atoms. The van der Waals surface area contributed by atoms with Crippen molar-refractivity contribution in [1.82, 2.24) is 10.2 Å². The number of hydrogen-bond acceptors (Lipinski definition) is 8. The van der Waals surface area contributed by atoms with E-state index in [1.54, 1.807) is 56.5 Å². The third-order valence-electron chi connectivity index (χ3n) is 4.00. The van der Waals surface area contributed by atoms with E-state index in [1.165, 1.54) is 7.11 Å². The summed E-state index contributed by atoms with van der Waals surface area (Å²) in [5, 5.41) is 19.6. The minimum Gasteiger partial charge on any atom is -0.497 e. The van der Waals surface area contributed by atoms with Crippen LogP contribution in [0.5, 0.6) is 11.5 Å². The molecule has 0 saturated heterocycles. The van der Waals surface area contributed by atoms with Gasteiger partial charge in [-0.2, -0.15) is 5.26 Å². The van der Waals surface area contributed by atoms with Gasteiger partial charge in [0.25, 0.3) is 11.1 Å². The number of thioether (sulfide) groups is 1. The molecule has 0 bridgehead atoms. The molecule has 148 valence electrons. The van der Waals surface area contributed by atoms with Gasteiger partial charge < -0.3 is 19.2 Å². The average Bonchev–Trinajstić information content (AvgIpc) is 3.21. The summed E-state index contributed by atoms with van der Waals surface area (Å²) in [6, 6.07) is 14.1. The molecule has 1 heterocycles. The quantitative estimate of drug-likeness (QED) is 0.587. The molecule has 2 aromatic carbocycles. The van der Waals surface area contributed by atoms with Crippen LogP contribution in [0.3, 0.4) is 0 Å². The monoisotopic (exact) mass is 410 g/mol. The molecule has 0 aliphatic rings. The molecule has 0 spiro atoms. The van der Waals surface area contributed by atoms with Gasteiger partial charge in [-0.15, -0.1) is 10.2 Å². The highest BCUT2D eigenvalue weighted by Gasteiger charge is 2.21. The lowest BCUT2D eigenvalue weighted by molar-refractivity contribution is -0.115. The Kier molecular flexibility index (Phi) is 6.36. The maximum atomic E-state index is 12.5. The minimum atomic E-state index is -0.521. The van der Waals surface area contributed by atoms with E-state index in [1.807, 2.05) is 6.07 Å². The fourth-order valence-electron chi connectivity index (χ4n) is 2.47. The Hall–Kier alpha value is -3.51. The highest BCUT2D eigenvalue weighted by molar-refractivity contribution is 8.00. The van der Waals surface area contributed by atoms with Gasteiger partial charge in [0, 0.05) is 6.07 Å². The number of carbonyl (C=O) groups excluding carboxylic acids is 1. The highest BCUT2D eigenvalue weighted by Crippen LogP contribution is 2.34. The Labute approximate surface area is 171 Å². The fraction of sp³-hybridized carbons (Fsp3) is 0.200. The predicted molar refractivity (Wildman–Crippen MR) is 108 cm³/mol. The Morgan fingerprint density at radius 2 is 2.00 bits per heavy atom. The van der Waals surface area contributed by atoms with Crippen LogP contribution in [0.4, 0.5) is 5.69 Å². The summed E-state index contributed by atoms with van der Waals surface area (Å²) in [5.41, 5.74) is 1.47. The van der Waals surface area contributed by atoms with Crippen molar-refractivity contribution in [1.29, 1.82) is 5.26 Å². The predicted octanol–water partition coefficient (Wildman–Crippen LogP) is 3.74.